The smallest absolute Gasteiger partial charge is 0.320 e. The molecule has 1 amide bonds. The van der Waals surface area contributed by atoms with E-state index < -0.39 is 0 Å². The number of amides is 1. The van der Waals surface area contributed by atoms with Crippen LogP contribution in [-0.2, 0) is 16.1 Å². The second-order valence-electron chi connectivity index (χ2n) is 4.76. The van der Waals surface area contributed by atoms with Crippen molar-refractivity contribution >= 4 is 11.9 Å². The van der Waals surface area contributed by atoms with E-state index in [2.05, 4.69) is 0 Å². The minimum Gasteiger partial charge on any atom is -0.460 e. The third-order valence-electron chi connectivity index (χ3n) is 2.49. The molecule has 0 aliphatic heterocycles. The topological polar surface area (TPSA) is 49.9 Å². The van der Waals surface area contributed by atoms with Crippen LogP contribution in [0.15, 0.2) is 24.3 Å². The van der Waals surface area contributed by atoms with Crippen LogP contribution in [0, 0.1) is 0 Å². The molecule has 0 spiro atoms. The number of carbonyl (C=O) groups is 2. The fourth-order valence-corrected chi connectivity index (χ4v) is 1.56. The molecule has 0 unspecified atom stereocenters. The summed E-state index contributed by atoms with van der Waals surface area (Å²) in [7, 11) is 6.98. The molecule has 1 aromatic rings. The largest absolute Gasteiger partial charge is 0.460 e. The zero-order valence-electron chi connectivity index (χ0n) is 11.8. The van der Waals surface area contributed by atoms with Gasteiger partial charge in [0.2, 0.25) is 0 Å². The van der Waals surface area contributed by atoms with Crippen LogP contribution in [0.1, 0.15) is 15.9 Å². The minimum absolute atomic E-state index is 0.0979. The molecule has 0 N–H and O–H groups in total. The summed E-state index contributed by atoms with van der Waals surface area (Å²) in [5, 5.41) is 0. The van der Waals surface area contributed by atoms with Crippen LogP contribution in [0.4, 0.5) is 0 Å². The molecular weight excluding hydrogens is 244 g/mol. The van der Waals surface area contributed by atoms with Gasteiger partial charge in [0.25, 0.3) is 5.91 Å². The van der Waals surface area contributed by atoms with Gasteiger partial charge in [-0.2, -0.15) is 0 Å². The van der Waals surface area contributed by atoms with E-state index in [0.717, 1.165) is 0 Å². The number of carbonyl (C=O) groups excluding carboxylic acids is 2. The van der Waals surface area contributed by atoms with E-state index >= 15 is 0 Å². The first kappa shape index (κ1) is 15.2. The van der Waals surface area contributed by atoms with Crippen LogP contribution in [-0.4, -0.2) is 56.4 Å². The number of nitrogens with zero attached hydrogens (tertiary/aromatic N) is 2. The molecule has 5 nitrogen and oxygen atoms in total. The van der Waals surface area contributed by atoms with Gasteiger partial charge in [0.15, 0.2) is 0 Å². The van der Waals surface area contributed by atoms with Gasteiger partial charge in [-0.3, -0.25) is 14.5 Å². The van der Waals surface area contributed by atoms with Crippen molar-refractivity contribution in [1.82, 2.24) is 9.80 Å². The quantitative estimate of drug-likeness (QED) is 0.744. The van der Waals surface area contributed by atoms with Crippen molar-refractivity contribution in [2.75, 3.05) is 34.7 Å². The standard InChI is InChI=1S/C14H20N2O3/c1-15(2)9-13(17)19-10-11-7-5-6-8-12(11)14(18)16(3)4/h5-8H,9-10H2,1-4H3. The van der Waals surface area contributed by atoms with Crippen LogP contribution >= 0.6 is 0 Å². The summed E-state index contributed by atoms with van der Waals surface area (Å²) < 4.78 is 5.16. The van der Waals surface area contributed by atoms with Crippen molar-refractivity contribution in [3.8, 4) is 0 Å². The molecule has 0 saturated carbocycles. The van der Waals surface area contributed by atoms with Gasteiger partial charge in [-0.15, -0.1) is 0 Å². The highest BCUT2D eigenvalue weighted by Crippen LogP contribution is 2.12. The highest BCUT2D eigenvalue weighted by atomic mass is 16.5. The number of esters is 1. The second-order valence-corrected chi connectivity index (χ2v) is 4.76. The molecule has 1 rings (SSSR count). The Kier molecular flexibility index (Phi) is 5.51. The Morgan fingerprint density at radius 3 is 2.32 bits per heavy atom. The van der Waals surface area contributed by atoms with Crippen molar-refractivity contribution < 1.29 is 14.3 Å². The van der Waals surface area contributed by atoms with E-state index in [1.165, 1.54) is 4.90 Å². The minimum atomic E-state index is -0.308. The molecule has 1 aromatic carbocycles. The molecule has 0 atom stereocenters. The second kappa shape index (κ2) is 6.89. The molecule has 5 heteroatoms. The Hall–Kier alpha value is -1.88. The fraction of sp³-hybridized carbons (Fsp3) is 0.429. The molecule has 0 fully saturated rings. The zero-order valence-corrected chi connectivity index (χ0v) is 11.8. The van der Waals surface area contributed by atoms with Gasteiger partial charge < -0.3 is 9.64 Å². The fourth-order valence-electron chi connectivity index (χ4n) is 1.56. The number of hydrogen-bond donors (Lipinski definition) is 0. The number of benzene rings is 1. The summed E-state index contributed by atoms with van der Waals surface area (Å²) in [6.07, 6.45) is 0. The maximum Gasteiger partial charge on any atom is 0.320 e. The highest BCUT2D eigenvalue weighted by Gasteiger charge is 2.14. The summed E-state index contributed by atoms with van der Waals surface area (Å²) in [6, 6.07) is 7.14. The van der Waals surface area contributed by atoms with Crippen molar-refractivity contribution in [1.29, 1.82) is 0 Å². The molecule has 0 saturated heterocycles. The number of likely N-dealkylation sites (N-methyl/N-ethyl adjacent to an activating group) is 1. The third-order valence-corrected chi connectivity index (χ3v) is 2.49. The first-order valence-electron chi connectivity index (χ1n) is 6.01. The monoisotopic (exact) mass is 264 g/mol. The summed E-state index contributed by atoms with van der Waals surface area (Å²) in [6.45, 7) is 0.340. The summed E-state index contributed by atoms with van der Waals surface area (Å²) >= 11 is 0. The van der Waals surface area contributed by atoms with Crippen molar-refractivity contribution in [3.05, 3.63) is 35.4 Å². The molecule has 104 valence electrons. The van der Waals surface area contributed by atoms with Gasteiger partial charge in [-0.05, 0) is 20.2 Å². The van der Waals surface area contributed by atoms with E-state index in [0.29, 0.717) is 11.1 Å². The van der Waals surface area contributed by atoms with Gasteiger partial charge in [0.1, 0.15) is 6.61 Å². The zero-order chi connectivity index (χ0) is 14.4. The third kappa shape index (κ3) is 4.71. The molecule has 0 heterocycles. The first-order valence-corrected chi connectivity index (χ1v) is 6.01. The Bertz CT molecular complexity index is 456. The van der Waals surface area contributed by atoms with Crippen LogP contribution in [0.3, 0.4) is 0 Å². The van der Waals surface area contributed by atoms with Gasteiger partial charge in [0.05, 0.1) is 6.54 Å². The van der Waals surface area contributed by atoms with Crippen LogP contribution < -0.4 is 0 Å². The van der Waals surface area contributed by atoms with Gasteiger partial charge in [-0.25, -0.2) is 0 Å². The molecule has 0 radical (unpaired) electrons. The van der Waals surface area contributed by atoms with Crippen molar-refractivity contribution in [2.45, 2.75) is 6.61 Å². The van der Waals surface area contributed by atoms with Crippen molar-refractivity contribution in [2.24, 2.45) is 0 Å². The normalized spacial score (nSPS) is 10.4. The van der Waals surface area contributed by atoms with E-state index in [1.54, 1.807) is 51.3 Å². The SMILES string of the molecule is CN(C)CC(=O)OCc1ccccc1C(=O)N(C)C. The van der Waals surface area contributed by atoms with Crippen LogP contribution in [0.25, 0.3) is 0 Å². The summed E-state index contributed by atoms with van der Waals surface area (Å²) in [4.78, 5) is 26.7. The molecule has 0 aliphatic carbocycles. The number of ether oxygens (including phenoxy) is 1. The van der Waals surface area contributed by atoms with Gasteiger partial charge in [0, 0.05) is 25.2 Å². The lowest BCUT2D eigenvalue weighted by atomic mass is 10.1. The predicted molar refractivity (Wildman–Crippen MR) is 72.8 cm³/mol. The number of rotatable bonds is 5. The molecular formula is C14H20N2O3. The highest BCUT2D eigenvalue weighted by molar-refractivity contribution is 5.95. The summed E-state index contributed by atoms with van der Waals surface area (Å²) in [5.41, 5.74) is 1.28. The van der Waals surface area contributed by atoms with Gasteiger partial charge in [-0.1, -0.05) is 18.2 Å². The van der Waals surface area contributed by atoms with Crippen LogP contribution in [0.5, 0.6) is 0 Å². The molecule has 0 bridgehead atoms. The Balaban J connectivity index is 2.74. The maximum absolute atomic E-state index is 12.0. The average Bonchev–Trinajstić information content (AvgIpc) is 2.35. The van der Waals surface area contributed by atoms with E-state index in [4.69, 9.17) is 4.74 Å². The lowest BCUT2D eigenvalue weighted by Gasteiger charge is -2.14. The lowest BCUT2D eigenvalue weighted by Crippen LogP contribution is -2.25. The Morgan fingerprint density at radius 1 is 1.11 bits per heavy atom. The van der Waals surface area contributed by atoms with E-state index in [-0.39, 0.29) is 25.0 Å². The molecule has 0 aromatic heterocycles. The maximum atomic E-state index is 12.0. The summed E-state index contributed by atoms with van der Waals surface area (Å²) in [5.74, 6) is -0.406. The first-order chi connectivity index (χ1) is 8.91. The average molecular weight is 264 g/mol. The number of hydrogen-bond acceptors (Lipinski definition) is 4. The Labute approximate surface area is 113 Å². The van der Waals surface area contributed by atoms with Gasteiger partial charge >= 0.3 is 5.97 Å². The van der Waals surface area contributed by atoms with Crippen molar-refractivity contribution in [3.63, 3.8) is 0 Å². The molecule has 19 heavy (non-hydrogen) atoms. The van der Waals surface area contributed by atoms with E-state index in [9.17, 15) is 9.59 Å². The van der Waals surface area contributed by atoms with E-state index in [1.807, 2.05) is 6.07 Å². The molecule has 0 aliphatic rings. The van der Waals surface area contributed by atoms with Crippen LogP contribution in [0.2, 0.25) is 0 Å². The Morgan fingerprint density at radius 2 is 1.74 bits per heavy atom. The lowest BCUT2D eigenvalue weighted by molar-refractivity contribution is -0.145. The predicted octanol–water partition coefficient (Wildman–Crippen LogP) is 0.993.